The lowest BCUT2D eigenvalue weighted by Crippen LogP contribution is -2.53. The second-order valence-corrected chi connectivity index (χ2v) is 18.2. The topological polar surface area (TPSA) is 110 Å². The van der Waals surface area contributed by atoms with Crippen molar-refractivity contribution in [3.63, 3.8) is 0 Å². The number of rotatable bonds is 48. The molecule has 0 aliphatic rings. The smallest absolute Gasteiger partial charge is 0.249 e. The highest BCUT2D eigenvalue weighted by Gasteiger charge is 2.28. The highest BCUT2D eigenvalue weighted by Crippen LogP contribution is 2.16. The van der Waals surface area contributed by atoms with Crippen LogP contribution in [0.2, 0.25) is 0 Å². The van der Waals surface area contributed by atoms with E-state index in [1.807, 2.05) is 0 Å². The van der Waals surface area contributed by atoms with Gasteiger partial charge in [0.05, 0.1) is 18.8 Å². The maximum absolute atomic E-state index is 12.6. The fourth-order valence-electron chi connectivity index (χ4n) is 8.00. The predicted molar refractivity (Wildman–Crippen MR) is 270 cm³/mol. The van der Waals surface area contributed by atoms with E-state index in [9.17, 15) is 25.2 Å². The van der Waals surface area contributed by atoms with Crippen molar-refractivity contribution in [1.82, 2.24) is 5.32 Å². The Morgan fingerprint density at radius 3 is 1.19 bits per heavy atom. The minimum atomic E-state index is -1.30. The van der Waals surface area contributed by atoms with Gasteiger partial charge < -0.3 is 25.7 Å². The maximum atomic E-state index is 12.6. The Morgan fingerprint density at radius 1 is 0.419 bits per heavy atom. The number of allylic oxidation sites excluding steroid dienone is 10. The van der Waals surface area contributed by atoms with Gasteiger partial charge in [-0.25, -0.2) is 0 Å². The summed E-state index contributed by atoms with van der Waals surface area (Å²) in [5.74, 6) is -0.601. The summed E-state index contributed by atoms with van der Waals surface area (Å²) in [4.78, 5) is 12.6. The van der Waals surface area contributed by atoms with Gasteiger partial charge in [0.25, 0.3) is 0 Å². The van der Waals surface area contributed by atoms with Gasteiger partial charge in [-0.3, -0.25) is 4.79 Å². The number of hydrogen-bond acceptors (Lipinski definition) is 5. The van der Waals surface area contributed by atoms with Gasteiger partial charge in [-0.1, -0.05) is 229 Å². The maximum Gasteiger partial charge on any atom is 0.249 e. The van der Waals surface area contributed by atoms with Gasteiger partial charge in [0.1, 0.15) is 12.2 Å². The average Bonchev–Trinajstić information content (AvgIpc) is 3.28. The summed E-state index contributed by atoms with van der Waals surface area (Å²) in [7, 11) is 0. The molecule has 5 N–H and O–H groups in total. The van der Waals surface area contributed by atoms with E-state index in [0.29, 0.717) is 19.3 Å². The Labute approximate surface area is 384 Å². The molecule has 0 heterocycles. The minimum Gasteiger partial charge on any atom is -0.394 e. The zero-order valence-corrected chi connectivity index (χ0v) is 40.9. The molecule has 0 radical (unpaired) electrons. The third kappa shape index (κ3) is 43.3. The monoisotopic (exact) mass is 870 g/mol. The van der Waals surface area contributed by atoms with Crippen LogP contribution in [-0.2, 0) is 4.79 Å². The second-order valence-electron chi connectivity index (χ2n) is 18.2. The second kappa shape index (κ2) is 50.0. The molecule has 0 saturated carbocycles. The van der Waals surface area contributed by atoms with Gasteiger partial charge in [0.2, 0.25) is 5.91 Å². The van der Waals surface area contributed by atoms with Gasteiger partial charge in [-0.05, 0) is 89.9 Å². The molecule has 0 aromatic carbocycles. The Balaban J connectivity index is 3.74. The Kier molecular flexibility index (Phi) is 48.4. The van der Waals surface area contributed by atoms with Crippen LogP contribution in [-0.4, -0.2) is 57.3 Å². The van der Waals surface area contributed by atoms with E-state index in [0.717, 1.165) is 64.2 Å². The average molecular weight is 870 g/mol. The van der Waals surface area contributed by atoms with Crippen LogP contribution in [0.1, 0.15) is 258 Å². The van der Waals surface area contributed by atoms with E-state index in [4.69, 9.17) is 0 Å². The Bertz CT molecular complexity index is 1070. The number of amides is 1. The van der Waals surface area contributed by atoms with E-state index >= 15 is 0 Å². The van der Waals surface area contributed by atoms with Crippen LogP contribution >= 0.6 is 0 Å². The van der Waals surface area contributed by atoms with Crippen molar-refractivity contribution in [2.45, 2.75) is 282 Å². The fraction of sp³-hybridized carbons (Fsp3) is 0.804. The van der Waals surface area contributed by atoms with Crippen molar-refractivity contribution in [3.8, 4) is 0 Å². The highest BCUT2D eigenvalue weighted by molar-refractivity contribution is 5.80. The van der Waals surface area contributed by atoms with Crippen molar-refractivity contribution in [2.24, 2.45) is 0 Å². The minimum absolute atomic E-state index is 0.355. The summed E-state index contributed by atoms with van der Waals surface area (Å²) in [6, 6.07) is -1.01. The number of unbranched alkanes of at least 4 members (excludes halogenated alkanes) is 29. The van der Waals surface area contributed by atoms with E-state index < -0.39 is 36.9 Å². The molecule has 0 bridgehead atoms. The molecular weight excluding hydrogens is 767 g/mol. The van der Waals surface area contributed by atoms with Crippen molar-refractivity contribution >= 4 is 5.91 Å². The van der Waals surface area contributed by atoms with Gasteiger partial charge in [0.15, 0.2) is 0 Å². The molecular formula is C56H103NO5. The molecule has 6 heteroatoms. The lowest BCUT2D eigenvalue weighted by Gasteiger charge is -2.27. The molecule has 0 aromatic rings. The van der Waals surface area contributed by atoms with Crippen molar-refractivity contribution in [2.75, 3.05) is 6.61 Å². The molecule has 4 unspecified atom stereocenters. The molecule has 4 atom stereocenters. The largest absolute Gasteiger partial charge is 0.394 e. The predicted octanol–water partition coefficient (Wildman–Crippen LogP) is 15.2. The molecule has 0 rings (SSSR count). The normalized spacial score (nSPS) is 14.4. The summed E-state index contributed by atoms with van der Waals surface area (Å²) in [6.45, 7) is 3.95. The van der Waals surface area contributed by atoms with Crippen molar-refractivity contribution in [1.29, 1.82) is 0 Å². The molecule has 1 amide bonds. The van der Waals surface area contributed by atoms with E-state index in [1.54, 1.807) is 0 Å². The SMILES string of the molecule is CC/C=C\C/C=C\CCCCCCCCCCCCCCCC(O)C(=O)NC(CO)C(O)C(O)CCC/C=C/CC/C=C/CC/C=C/CCCCCCCCCCCCCCC. The third-order valence-corrected chi connectivity index (χ3v) is 12.2. The zero-order valence-electron chi connectivity index (χ0n) is 40.9. The molecule has 0 spiro atoms. The molecule has 0 aromatic heterocycles. The summed E-state index contributed by atoms with van der Waals surface area (Å²) >= 11 is 0. The lowest BCUT2D eigenvalue weighted by atomic mass is 10.00. The van der Waals surface area contributed by atoms with Crippen LogP contribution < -0.4 is 5.32 Å². The van der Waals surface area contributed by atoms with Crippen LogP contribution in [0, 0.1) is 0 Å². The van der Waals surface area contributed by atoms with Crippen LogP contribution in [0.4, 0.5) is 0 Å². The first-order valence-electron chi connectivity index (χ1n) is 26.7. The molecule has 0 aliphatic heterocycles. The quantitative estimate of drug-likeness (QED) is 0.0309. The van der Waals surface area contributed by atoms with Crippen molar-refractivity contribution < 1.29 is 25.2 Å². The Morgan fingerprint density at radius 2 is 0.774 bits per heavy atom. The molecule has 0 aliphatic carbocycles. The first kappa shape index (κ1) is 60.0. The summed E-state index contributed by atoms with van der Waals surface area (Å²) in [6.07, 6.45) is 64.2. The van der Waals surface area contributed by atoms with Crippen LogP contribution in [0.15, 0.2) is 60.8 Å². The van der Waals surface area contributed by atoms with E-state index in [-0.39, 0.29) is 0 Å². The van der Waals surface area contributed by atoms with Crippen LogP contribution in [0.5, 0.6) is 0 Å². The van der Waals surface area contributed by atoms with E-state index in [1.165, 1.54) is 161 Å². The highest BCUT2D eigenvalue weighted by atomic mass is 16.3. The lowest BCUT2D eigenvalue weighted by molar-refractivity contribution is -0.132. The number of aliphatic hydroxyl groups is 4. The first-order chi connectivity index (χ1) is 30.5. The number of hydrogen-bond donors (Lipinski definition) is 5. The van der Waals surface area contributed by atoms with Gasteiger partial charge in [0, 0.05) is 0 Å². The fourth-order valence-corrected chi connectivity index (χ4v) is 8.00. The van der Waals surface area contributed by atoms with Gasteiger partial charge >= 0.3 is 0 Å². The number of carbonyl (C=O) groups is 1. The van der Waals surface area contributed by atoms with Gasteiger partial charge in [-0.15, -0.1) is 0 Å². The third-order valence-electron chi connectivity index (χ3n) is 12.2. The standard InChI is InChI=1S/C56H103NO5/c1-3-5-7-9-11-13-15-17-19-21-23-25-26-27-28-29-30-32-33-35-37-39-41-43-45-47-49-53(59)55(61)52(51-58)57-56(62)54(60)50-48-46-44-42-40-38-36-34-31-24-22-20-18-16-14-12-10-8-6-4-2/h6,8,12,14,28-29,33,35,41,43,52-55,58-61H,3-5,7,9-11,13,15-27,30-32,34,36-40,42,44-51H2,1-2H3,(H,57,62)/b8-6-,14-12-,29-28+,35-33+,43-41+. The molecule has 62 heavy (non-hydrogen) atoms. The molecule has 362 valence electrons. The molecule has 0 fully saturated rings. The molecule has 0 saturated heterocycles. The summed E-state index contributed by atoms with van der Waals surface area (Å²) < 4.78 is 0. The summed E-state index contributed by atoms with van der Waals surface area (Å²) in [5, 5.41) is 43.9. The van der Waals surface area contributed by atoms with Crippen LogP contribution in [0.25, 0.3) is 0 Å². The van der Waals surface area contributed by atoms with E-state index in [2.05, 4.69) is 79.9 Å². The number of aliphatic hydroxyl groups excluding tert-OH is 4. The molecule has 6 nitrogen and oxygen atoms in total. The number of carbonyl (C=O) groups excluding carboxylic acids is 1. The van der Waals surface area contributed by atoms with Crippen LogP contribution in [0.3, 0.4) is 0 Å². The van der Waals surface area contributed by atoms with Crippen molar-refractivity contribution in [3.05, 3.63) is 60.8 Å². The zero-order chi connectivity index (χ0) is 45.2. The van der Waals surface area contributed by atoms with Gasteiger partial charge in [-0.2, -0.15) is 0 Å². The Hall–Kier alpha value is -1.99. The number of nitrogens with one attached hydrogen (secondary N) is 1. The first-order valence-corrected chi connectivity index (χ1v) is 26.7. The summed E-state index contributed by atoms with van der Waals surface area (Å²) in [5.41, 5.74) is 0.